The Kier molecular flexibility index (Phi) is 9.65. The minimum Gasteiger partial charge on any atom is -0.493 e. The number of para-hydroxylation sites is 1. The summed E-state index contributed by atoms with van der Waals surface area (Å²) >= 11 is 0. The van der Waals surface area contributed by atoms with Crippen LogP contribution in [0.3, 0.4) is 0 Å². The number of nitrogens with zero attached hydrogens (tertiary/aromatic N) is 2. The Morgan fingerprint density at radius 3 is 2.57 bits per heavy atom. The van der Waals surface area contributed by atoms with Gasteiger partial charge in [-0.15, -0.1) is 0 Å². The third kappa shape index (κ3) is 6.85. The fourth-order valence-electron chi connectivity index (χ4n) is 5.35. The van der Waals surface area contributed by atoms with Crippen molar-refractivity contribution in [3.8, 4) is 11.5 Å². The maximum Gasteiger partial charge on any atom is 0.338 e. The smallest absolute Gasteiger partial charge is 0.338 e. The van der Waals surface area contributed by atoms with Gasteiger partial charge in [0.2, 0.25) is 0 Å². The van der Waals surface area contributed by atoms with Crippen molar-refractivity contribution in [2.24, 2.45) is 5.10 Å². The summed E-state index contributed by atoms with van der Waals surface area (Å²) in [5.74, 6) is -0.758. The van der Waals surface area contributed by atoms with Gasteiger partial charge in [-0.3, -0.25) is 4.79 Å². The summed E-state index contributed by atoms with van der Waals surface area (Å²) in [7, 11) is 1.44. The summed E-state index contributed by atoms with van der Waals surface area (Å²) in [5, 5.41) is 10.5. The molecule has 5 rings (SSSR count). The maximum atomic E-state index is 13.4. The highest BCUT2D eigenvalue weighted by Gasteiger charge is 2.32. The lowest BCUT2D eigenvalue weighted by molar-refractivity contribution is -0.139. The Balaban J connectivity index is 1.27. The highest BCUT2D eigenvalue weighted by atomic mass is 19.1. The van der Waals surface area contributed by atoms with Crippen molar-refractivity contribution in [1.82, 2.24) is 20.6 Å². The van der Waals surface area contributed by atoms with Gasteiger partial charge in [-0.05, 0) is 62.2 Å². The van der Waals surface area contributed by atoms with Gasteiger partial charge in [-0.25, -0.2) is 19.4 Å². The largest absolute Gasteiger partial charge is 0.493 e. The van der Waals surface area contributed by atoms with E-state index < -0.39 is 23.9 Å². The van der Waals surface area contributed by atoms with Crippen molar-refractivity contribution >= 4 is 35.0 Å². The van der Waals surface area contributed by atoms with Crippen molar-refractivity contribution in [2.45, 2.75) is 33.4 Å². The molecule has 238 valence electrons. The quantitative estimate of drug-likeness (QED) is 0.124. The third-order valence-corrected chi connectivity index (χ3v) is 7.56. The van der Waals surface area contributed by atoms with Crippen LogP contribution in [0.4, 0.5) is 9.18 Å². The molecular formula is C34H34FN5O6. The monoisotopic (exact) mass is 627 g/mol. The number of fused-ring (bicyclic) bond motifs is 1. The number of hydrogen-bond donors (Lipinski definition) is 3. The molecule has 1 aromatic heterocycles. The second kappa shape index (κ2) is 14.0. The van der Waals surface area contributed by atoms with Crippen LogP contribution in [0.5, 0.6) is 11.5 Å². The zero-order valence-electron chi connectivity index (χ0n) is 25.8. The van der Waals surface area contributed by atoms with Crippen LogP contribution >= 0.6 is 0 Å². The first kappa shape index (κ1) is 31.8. The van der Waals surface area contributed by atoms with Gasteiger partial charge in [-0.1, -0.05) is 36.4 Å². The van der Waals surface area contributed by atoms with Crippen LogP contribution in [-0.4, -0.2) is 49.0 Å². The van der Waals surface area contributed by atoms with Crippen LogP contribution in [-0.2, 0) is 20.9 Å². The lowest BCUT2D eigenvalue weighted by atomic mass is 9.95. The molecule has 3 amide bonds. The number of nitrogens with one attached hydrogen (secondary N) is 3. The summed E-state index contributed by atoms with van der Waals surface area (Å²) in [6.45, 7) is 5.67. The van der Waals surface area contributed by atoms with E-state index in [1.165, 1.54) is 19.2 Å². The number of hydrazone groups is 1. The summed E-state index contributed by atoms with van der Waals surface area (Å²) < 4.78 is 31.9. The molecule has 2 heterocycles. The van der Waals surface area contributed by atoms with E-state index in [1.807, 2.05) is 31.2 Å². The van der Waals surface area contributed by atoms with Gasteiger partial charge in [0.25, 0.3) is 5.91 Å². The average molecular weight is 628 g/mol. The van der Waals surface area contributed by atoms with Crippen LogP contribution in [0, 0.1) is 12.7 Å². The number of carbonyl (C=O) groups excluding carboxylic acids is 3. The Bertz CT molecular complexity index is 1850. The zero-order valence-corrected chi connectivity index (χ0v) is 25.8. The lowest BCUT2D eigenvalue weighted by Gasteiger charge is -2.28. The van der Waals surface area contributed by atoms with E-state index in [9.17, 15) is 18.8 Å². The Morgan fingerprint density at radius 1 is 1.07 bits per heavy atom. The molecule has 0 fully saturated rings. The number of benzene rings is 3. The van der Waals surface area contributed by atoms with Gasteiger partial charge in [-0.2, -0.15) is 5.10 Å². The summed E-state index contributed by atoms with van der Waals surface area (Å²) in [5.41, 5.74) is 7.43. The van der Waals surface area contributed by atoms with Crippen LogP contribution in [0.2, 0.25) is 0 Å². The molecule has 0 aliphatic carbocycles. The Labute approximate surface area is 265 Å². The van der Waals surface area contributed by atoms with Crippen molar-refractivity contribution in [1.29, 1.82) is 0 Å². The van der Waals surface area contributed by atoms with Crippen LogP contribution in [0.25, 0.3) is 10.9 Å². The van der Waals surface area contributed by atoms with Crippen molar-refractivity contribution < 1.29 is 33.0 Å². The normalized spacial score (nSPS) is 14.6. The van der Waals surface area contributed by atoms with E-state index in [4.69, 9.17) is 14.2 Å². The number of aromatic nitrogens is 1. The minimum atomic E-state index is -0.779. The Morgan fingerprint density at radius 2 is 1.83 bits per heavy atom. The van der Waals surface area contributed by atoms with Gasteiger partial charge >= 0.3 is 12.0 Å². The lowest BCUT2D eigenvalue weighted by Crippen LogP contribution is -2.45. The van der Waals surface area contributed by atoms with Gasteiger partial charge in [0.15, 0.2) is 18.1 Å². The second-order valence-electron chi connectivity index (χ2n) is 10.5. The number of halogens is 1. The SMILES string of the molecule is CCOC(=O)C1=C(C)NC(=O)N[C@@H]1c1ccc(OCC(=O)N/N=C/c2c(C)n(Cc3ccc(F)cc3)c3ccccc23)c(OC)c1. The van der Waals surface area contributed by atoms with E-state index in [2.05, 4.69) is 25.7 Å². The van der Waals surface area contributed by atoms with E-state index in [1.54, 1.807) is 50.4 Å². The van der Waals surface area contributed by atoms with Gasteiger partial charge in [0.05, 0.1) is 31.5 Å². The van der Waals surface area contributed by atoms with Crippen LogP contribution in [0.1, 0.15) is 42.3 Å². The van der Waals surface area contributed by atoms with Gasteiger partial charge in [0, 0.05) is 34.4 Å². The van der Waals surface area contributed by atoms with E-state index >= 15 is 0 Å². The minimum absolute atomic E-state index is 0.180. The molecule has 0 radical (unpaired) electrons. The van der Waals surface area contributed by atoms with E-state index in [-0.39, 0.29) is 30.4 Å². The molecule has 0 saturated carbocycles. The number of ether oxygens (including phenoxy) is 3. The molecule has 3 aromatic carbocycles. The molecular weight excluding hydrogens is 593 g/mol. The zero-order chi connectivity index (χ0) is 32.8. The summed E-state index contributed by atoms with van der Waals surface area (Å²) in [6.07, 6.45) is 1.59. The predicted molar refractivity (Wildman–Crippen MR) is 170 cm³/mol. The first-order chi connectivity index (χ1) is 22.2. The number of methoxy groups -OCH3 is 1. The fourth-order valence-corrected chi connectivity index (χ4v) is 5.35. The number of amides is 3. The number of esters is 1. The standard InChI is InChI=1S/C34H34FN5O6/c1-5-45-33(42)31-20(2)37-34(43)38-32(31)23-12-15-28(29(16-23)44-4)46-19-30(41)39-36-17-26-21(3)40(27-9-7-6-8-25(26)27)18-22-10-13-24(35)14-11-22/h6-17,32H,5,18-19H2,1-4H3,(H,39,41)(H2,37,38,43)/b36-17+/t32-/m1/s1. The number of urea groups is 1. The van der Waals surface area contributed by atoms with Crippen molar-refractivity contribution in [3.63, 3.8) is 0 Å². The van der Waals surface area contributed by atoms with Crippen LogP contribution in [0.15, 0.2) is 83.1 Å². The molecule has 0 saturated heterocycles. The molecule has 3 N–H and O–H groups in total. The number of hydrogen-bond acceptors (Lipinski definition) is 7. The number of allylic oxidation sites excluding steroid dienone is 1. The third-order valence-electron chi connectivity index (χ3n) is 7.56. The van der Waals surface area contributed by atoms with Crippen molar-refractivity contribution in [2.75, 3.05) is 20.3 Å². The predicted octanol–water partition coefficient (Wildman–Crippen LogP) is 4.87. The molecule has 4 aromatic rings. The molecule has 12 heteroatoms. The fraction of sp³-hybridized carbons (Fsp3) is 0.235. The molecule has 0 spiro atoms. The topological polar surface area (TPSA) is 132 Å². The van der Waals surface area contributed by atoms with Crippen molar-refractivity contribution in [3.05, 3.63) is 106 Å². The second-order valence-corrected chi connectivity index (χ2v) is 10.5. The average Bonchev–Trinajstić information content (AvgIpc) is 3.30. The molecule has 1 atom stereocenters. The van der Waals surface area contributed by atoms with Gasteiger partial charge in [0.1, 0.15) is 5.82 Å². The summed E-state index contributed by atoms with van der Waals surface area (Å²) in [6, 6.07) is 17.9. The maximum absolute atomic E-state index is 13.4. The highest BCUT2D eigenvalue weighted by Crippen LogP contribution is 2.34. The molecule has 0 bridgehead atoms. The number of rotatable bonds is 11. The van der Waals surface area contributed by atoms with Gasteiger partial charge < -0.3 is 29.4 Å². The molecule has 0 unspecified atom stereocenters. The molecule has 11 nitrogen and oxygen atoms in total. The number of carbonyl (C=O) groups is 3. The van der Waals surface area contributed by atoms with Crippen LogP contribution < -0.4 is 25.5 Å². The summed E-state index contributed by atoms with van der Waals surface area (Å²) in [4.78, 5) is 37.5. The van der Waals surface area contributed by atoms with E-state index in [0.29, 0.717) is 23.6 Å². The highest BCUT2D eigenvalue weighted by molar-refractivity contribution is 6.01. The Hall–Kier alpha value is -5.65. The molecule has 1 aliphatic heterocycles. The van der Waals surface area contributed by atoms with E-state index in [0.717, 1.165) is 27.7 Å². The molecule has 1 aliphatic rings. The first-order valence-electron chi connectivity index (χ1n) is 14.6. The first-order valence-corrected chi connectivity index (χ1v) is 14.6. The molecule has 46 heavy (non-hydrogen) atoms.